The standard InChI is InChI=1S/C17H20N4O3/c1-23-14-6-5-13(9-15(14)24-2)20-16(22)12-10-18-17(19-11-12)21-7-3-4-8-21/h5-6,9-11H,3-4,7-8H2,1-2H3,(H,20,22). The first-order valence-electron chi connectivity index (χ1n) is 7.81. The van der Waals surface area contributed by atoms with E-state index in [9.17, 15) is 4.79 Å². The molecule has 0 atom stereocenters. The van der Waals surface area contributed by atoms with Crippen LogP contribution in [0, 0.1) is 0 Å². The third-order valence-electron chi connectivity index (χ3n) is 3.93. The van der Waals surface area contributed by atoms with E-state index in [-0.39, 0.29) is 5.91 Å². The Bertz CT molecular complexity index is 712. The Morgan fingerprint density at radius 2 is 1.75 bits per heavy atom. The molecule has 0 spiro atoms. The van der Waals surface area contributed by atoms with Gasteiger partial charge in [0.15, 0.2) is 11.5 Å². The SMILES string of the molecule is COc1ccc(NC(=O)c2cnc(N3CCCC3)nc2)cc1OC. The van der Waals surface area contributed by atoms with Gasteiger partial charge in [0.25, 0.3) is 5.91 Å². The van der Waals surface area contributed by atoms with Crippen molar-refractivity contribution in [2.45, 2.75) is 12.8 Å². The Labute approximate surface area is 140 Å². The molecule has 0 aliphatic carbocycles. The lowest BCUT2D eigenvalue weighted by Gasteiger charge is -2.14. The summed E-state index contributed by atoms with van der Waals surface area (Å²) < 4.78 is 10.4. The molecule has 1 aromatic carbocycles. The molecule has 1 N–H and O–H groups in total. The van der Waals surface area contributed by atoms with Crippen molar-refractivity contribution < 1.29 is 14.3 Å². The molecule has 0 saturated carbocycles. The molecular formula is C17H20N4O3. The van der Waals surface area contributed by atoms with Gasteiger partial charge in [-0.15, -0.1) is 0 Å². The summed E-state index contributed by atoms with van der Waals surface area (Å²) in [6.07, 6.45) is 5.42. The van der Waals surface area contributed by atoms with E-state index in [4.69, 9.17) is 9.47 Å². The molecule has 3 rings (SSSR count). The van der Waals surface area contributed by atoms with Crippen LogP contribution in [0.3, 0.4) is 0 Å². The van der Waals surface area contributed by atoms with Crippen molar-refractivity contribution in [2.75, 3.05) is 37.5 Å². The molecule has 0 bridgehead atoms. The summed E-state index contributed by atoms with van der Waals surface area (Å²) in [6, 6.07) is 5.19. The molecule has 0 unspecified atom stereocenters. The van der Waals surface area contributed by atoms with Gasteiger partial charge < -0.3 is 19.7 Å². The van der Waals surface area contributed by atoms with Crippen LogP contribution in [-0.4, -0.2) is 43.2 Å². The van der Waals surface area contributed by atoms with E-state index in [0.717, 1.165) is 25.9 Å². The van der Waals surface area contributed by atoms with Crippen LogP contribution in [0.4, 0.5) is 11.6 Å². The minimum absolute atomic E-state index is 0.268. The number of rotatable bonds is 5. The highest BCUT2D eigenvalue weighted by Gasteiger charge is 2.16. The average molecular weight is 328 g/mol. The van der Waals surface area contributed by atoms with E-state index in [1.165, 1.54) is 0 Å². The first kappa shape index (κ1) is 16.0. The van der Waals surface area contributed by atoms with Crippen molar-refractivity contribution in [3.63, 3.8) is 0 Å². The second kappa shape index (κ2) is 7.16. The number of nitrogens with one attached hydrogen (secondary N) is 1. The predicted molar refractivity (Wildman–Crippen MR) is 91.0 cm³/mol. The quantitative estimate of drug-likeness (QED) is 0.908. The second-order valence-electron chi connectivity index (χ2n) is 5.49. The smallest absolute Gasteiger partial charge is 0.258 e. The van der Waals surface area contributed by atoms with Crippen LogP contribution in [-0.2, 0) is 0 Å². The molecule has 7 nitrogen and oxygen atoms in total. The molecule has 7 heteroatoms. The molecule has 1 aliphatic heterocycles. The number of methoxy groups -OCH3 is 2. The molecule has 1 aliphatic rings. The van der Waals surface area contributed by atoms with Crippen molar-refractivity contribution >= 4 is 17.5 Å². The zero-order chi connectivity index (χ0) is 16.9. The van der Waals surface area contributed by atoms with Crippen LogP contribution in [0.5, 0.6) is 11.5 Å². The van der Waals surface area contributed by atoms with E-state index in [2.05, 4.69) is 20.2 Å². The third kappa shape index (κ3) is 3.40. The summed E-state index contributed by atoms with van der Waals surface area (Å²) in [7, 11) is 3.11. The van der Waals surface area contributed by atoms with E-state index in [1.54, 1.807) is 44.8 Å². The van der Waals surface area contributed by atoms with E-state index in [1.807, 2.05) is 0 Å². The Balaban J connectivity index is 1.70. The summed E-state index contributed by atoms with van der Waals surface area (Å²) in [5.74, 6) is 1.56. The topological polar surface area (TPSA) is 76.6 Å². The van der Waals surface area contributed by atoms with Crippen LogP contribution in [0.2, 0.25) is 0 Å². The molecule has 1 aromatic heterocycles. The first-order valence-corrected chi connectivity index (χ1v) is 7.81. The van der Waals surface area contributed by atoms with Gasteiger partial charge in [-0.1, -0.05) is 0 Å². The summed E-state index contributed by atoms with van der Waals surface area (Å²) in [5, 5.41) is 2.81. The average Bonchev–Trinajstić information content (AvgIpc) is 3.16. The van der Waals surface area contributed by atoms with Crippen LogP contribution in [0.25, 0.3) is 0 Å². The first-order chi connectivity index (χ1) is 11.7. The lowest BCUT2D eigenvalue weighted by atomic mass is 10.2. The molecule has 1 saturated heterocycles. The van der Waals surface area contributed by atoms with Crippen molar-refractivity contribution in [3.8, 4) is 11.5 Å². The maximum absolute atomic E-state index is 12.3. The molecule has 0 radical (unpaired) electrons. The fourth-order valence-corrected chi connectivity index (χ4v) is 2.64. The third-order valence-corrected chi connectivity index (χ3v) is 3.93. The van der Waals surface area contributed by atoms with Crippen molar-refractivity contribution in [2.24, 2.45) is 0 Å². The number of hydrogen-bond acceptors (Lipinski definition) is 6. The Morgan fingerprint density at radius 1 is 1.08 bits per heavy atom. The molecule has 2 heterocycles. The maximum Gasteiger partial charge on any atom is 0.258 e. The summed E-state index contributed by atoms with van der Waals surface area (Å²) >= 11 is 0. The normalized spacial score (nSPS) is 13.7. The fraction of sp³-hybridized carbons (Fsp3) is 0.353. The lowest BCUT2D eigenvalue weighted by molar-refractivity contribution is 0.102. The van der Waals surface area contributed by atoms with Crippen molar-refractivity contribution in [1.82, 2.24) is 9.97 Å². The summed E-state index contributed by atoms with van der Waals surface area (Å²) in [4.78, 5) is 23.0. The minimum atomic E-state index is -0.268. The van der Waals surface area contributed by atoms with Gasteiger partial charge in [-0.2, -0.15) is 0 Å². The lowest BCUT2D eigenvalue weighted by Crippen LogP contribution is -2.21. The predicted octanol–water partition coefficient (Wildman–Crippen LogP) is 2.35. The van der Waals surface area contributed by atoms with Gasteiger partial charge in [-0.3, -0.25) is 4.79 Å². The Kier molecular flexibility index (Phi) is 4.79. The minimum Gasteiger partial charge on any atom is -0.493 e. The van der Waals surface area contributed by atoms with Crippen LogP contribution >= 0.6 is 0 Å². The second-order valence-corrected chi connectivity index (χ2v) is 5.49. The van der Waals surface area contributed by atoms with Gasteiger partial charge >= 0.3 is 0 Å². The monoisotopic (exact) mass is 328 g/mol. The highest BCUT2D eigenvalue weighted by Crippen LogP contribution is 2.29. The fourth-order valence-electron chi connectivity index (χ4n) is 2.64. The zero-order valence-corrected chi connectivity index (χ0v) is 13.8. The number of benzene rings is 1. The zero-order valence-electron chi connectivity index (χ0n) is 13.8. The Hall–Kier alpha value is -2.83. The van der Waals surface area contributed by atoms with Crippen LogP contribution < -0.4 is 19.7 Å². The number of hydrogen-bond donors (Lipinski definition) is 1. The van der Waals surface area contributed by atoms with E-state index >= 15 is 0 Å². The highest BCUT2D eigenvalue weighted by atomic mass is 16.5. The number of nitrogens with zero attached hydrogens (tertiary/aromatic N) is 3. The molecule has 1 fully saturated rings. The van der Waals surface area contributed by atoms with Gasteiger partial charge in [0.2, 0.25) is 5.95 Å². The number of amides is 1. The van der Waals surface area contributed by atoms with E-state index < -0.39 is 0 Å². The van der Waals surface area contributed by atoms with Gasteiger partial charge in [-0.25, -0.2) is 9.97 Å². The van der Waals surface area contributed by atoms with Gasteiger partial charge in [0.1, 0.15) is 0 Å². The largest absolute Gasteiger partial charge is 0.493 e. The number of carbonyl (C=O) groups is 1. The number of aromatic nitrogens is 2. The van der Waals surface area contributed by atoms with Crippen LogP contribution in [0.15, 0.2) is 30.6 Å². The number of anilines is 2. The Morgan fingerprint density at radius 3 is 2.38 bits per heavy atom. The molecular weight excluding hydrogens is 308 g/mol. The van der Waals surface area contributed by atoms with Gasteiger partial charge in [0, 0.05) is 37.2 Å². The molecule has 1 amide bonds. The number of ether oxygens (including phenoxy) is 2. The van der Waals surface area contributed by atoms with E-state index in [0.29, 0.717) is 28.7 Å². The van der Waals surface area contributed by atoms with Crippen molar-refractivity contribution in [3.05, 3.63) is 36.2 Å². The molecule has 126 valence electrons. The van der Waals surface area contributed by atoms with Crippen molar-refractivity contribution in [1.29, 1.82) is 0 Å². The maximum atomic E-state index is 12.3. The summed E-state index contributed by atoms with van der Waals surface area (Å²) in [6.45, 7) is 1.94. The molecule has 24 heavy (non-hydrogen) atoms. The van der Waals surface area contributed by atoms with Gasteiger partial charge in [0.05, 0.1) is 19.8 Å². The number of carbonyl (C=O) groups excluding carboxylic acids is 1. The molecule has 2 aromatic rings. The van der Waals surface area contributed by atoms with Gasteiger partial charge in [-0.05, 0) is 25.0 Å². The summed E-state index contributed by atoms with van der Waals surface area (Å²) in [5.41, 5.74) is 1.02. The highest BCUT2D eigenvalue weighted by molar-refractivity contribution is 6.04. The van der Waals surface area contributed by atoms with Crippen LogP contribution in [0.1, 0.15) is 23.2 Å².